The molecule has 0 aliphatic carbocycles. The maximum Gasteiger partial charge on any atom is 0.205 e. The number of hydrogen-bond acceptors (Lipinski definition) is 8. The zero-order chi connectivity index (χ0) is 35.0. The molecule has 0 saturated carbocycles. The molecule has 7 aromatic rings. The zero-order valence-electron chi connectivity index (χ0n) is 29.1. The Kier molecular flexibility index (Phi) is 10.6. The predicted molar refractivity (Wildman–Crippen MR) is 197 cm³/mol. The Morgan fingerprint density at radius 1 is 0.706 bits per heavy atom. The number of nitrogens with zero attached hydrogens (tertiary/aromatic N) is 6. The first-order valence-corrected chi connectivity index (χ1v) is 17.2. The van der Waals surface area contributed by atoms with Crippen molar-refractivity contribution in [2.75, 3.05) is 14.2 Å². The Balaban J connectivity index is 1.25. The van der Waals surface area contributed by atoms with E-state index in [4.69, 9.17) is 24.2 Å². The smallest absolute Gasteiger partial charge is 0.205 e. The number of pyridine rings is 1. The van der Waals surface area contributed by atoms with Gasteiger partial charge >= 0.3 is 0 Å². The fourth-order valence-corrected chi connectivity index (χ4v) is 6.38. The highest BCUT2D eigenvalue weighted by molar-refractivity contribution is 5.82. The SMILES string of the molecule is CCCCc1nc2cc(-c3ccc(COCc4ccccc4)cc3)c(C(OC)OC)nc2n1Cc1ccc(-c2ccccc2)c(-c2nn[nH]n2)c1. The third-order valence-corrected chi connectivity index (χ3v) is 8.98. The van der Waals surface area contributed by atoms with E-state index in [1.54, 1.807) is 14.2 Å². The van der Waals surface area contributed by atoms with Gasteiger partial charge in [0, 0.05) is 31.8 Å². The van der Waals surface area contributed by atoms with Crippen molar-refractivity contribution in [2.24, 2.45) is 0 Å². The van der Waals surface area contributed by atoms with Crippen LogP contribution in [0.4, 0.5) is 0 Å². The van der Waals surface area contributed by atoms with E-state index in [1.165, 1.54) is 0 Å². The molecule has 7 rings (SSSR count). The van der Waals surface area contributed by atoms with Crippen LogP contribution >= 0.6 is 0 Å². The highest BCUT2D eigenvalue weighted by atomic mass is 16.7. The molecule has 10 heteroatoms. The van der Waals surface area contributed by atoms with Gasteiger partial charge < -0.3 is 18.8 Å². The van der Waals surface area contributed by atoms with Crippen molar-refractivity contribution in [3.63, 3.8) is 0 Å². The molecule has 0 aliphatic rings. The molecular weight excluding hydrogens is 638 g/mol. The molecule has 258 valence electrons. The second-order valence-electron chi connectivity index (χ2n) is 12.4. The molecule has 0 bridgehead atoms. The average Bonchev–Trinajstić information content (AvgIpc) is 3.84. The number of rotatable bonds is 15. The van der Waals surface area contributed by atoms with E-state index in [0.717, 1.165) is 80.8 Å². The number of tetrazole rings is 1. The number of ether oxygens (including phenoxy) is 3. The van der Waals surface area contributed by atoms with Crippen molar-refractivity contribution in [1.82, 2.24) is 35.2 Å². The van der Waals surface area contributed by atoms with Crippen molar-refractivity contribution < 1.29 is 14.2 Å². The van der Waals surface area contributed by atoms with E-state index in [1.807, 2.05) is 36.4 Å². The zero-order valence-corrected chi connectivity index (χ0v) is 29.1. The van der Waals surface area contributed by atoms with Gasteiger partial charge in [-0.05, 0) is 57.1 Å². The van der Waals surface area contributed by atoms with Gasteiger partial charge in [-0.15, -0.1) is 10.2 Å². The van der Waals surface area contributed by atoms with E-state index < -0.39 is 6.29 Å². The van der Waals surface area contributed by atoms with Crippen molar-refractivity contribution in [3.8, 4) is 33.6 Å². The first-order chi connectivity index (χ1) is 25.1. The molecular formula is C41H41N7O3. The number of hydrogen-bond donors (Lipinski definition) is 1. The number of aromatic nitrogens is 7. The molecule has 0 unspecified atom stereocenters. The van der Waals surface area contributed by atoms with Crippen molar-refractivity contribution >= 4 is 11.2 Å². The lowest BCUT2D eigenvalue weighted by Crippen LogP contribution is -2.11. The van der Waals surface area contributed by atoms with Crippen LogP contribution in [0.5, 0.6) is 0 Å². The summed E-state index contributed by atoms with van der Waals surface area (Å²) in [4.78, 5) is 10.4. The second-order valence-corrected chi connectivity index (χ2v) is 12.4. The van der Waals surface area contributed by atoms with E-state index in [0.29, 0.717) is 31.3 Å². The molecule has 3 aromatic heterocycles. The van der Waals surface area contributed by atoms with Gasteiger partial charge in [-0.3, -0.25) is 0 Å². The fraction of sp³-hybridized carbons (Fsp3) is 0.244. The Morgan fingerprint density at radius 3 is 2.08 bits per heavy atom. The maximum atomic E-state index is 5.98. The van der Waals surface area contributed by atoms with E-state index in [2.05, 4.69) is 105 Å². The third kappa shape index (κ3) is 7.63. The lowest BCUT2D eigenvalue weighted by molar-refractivity contribution is -0.108. The molecule has 0 radical (unpaired) electrons. The first kappa shape index (κ1) is 33.9. The largest absolute Gasteiger partial charge is 0.372 e. The molecule has 3 heterocycles. The molecule has 0 atom stereocenters. The number of nitrogens with one attached hydrogen (secondary N) is 1. The van der Waals surface area contributed by atoms with Gasteiger partial charge in [0.2, 0.25) is 12.1 Å². The van der Waals surface area contributed by atoms with Crippen molar-refractivity contribution in [3.05, 3.63) is 137 Å². The monoisotopic (exact) mass is 679 g/mol. The molecule has 51 heavy (non-hydrogen) atoms. The van der Waals surface area contributed by atoms with Crippen molar-refractivity contribution in [2.45, 2.75) is 52.2 Å². The van der Waals surface area contributed by atoms with Gasteiger partial charge in [-0.25, -0.2) is 9.97 Å². The predicted octanol–water partition coefficient (Wildman–Crippen LogP) is 8.34. The Labute approximate surface area is 297 Å². The first-order valence-electron chi connectivity index (χ1n) is 17.2. The summed E-state index contributed by atoms with van der Waals surface area (Å²) >= 11 is 0. The van der Waals surface area contributed by atoms with Gasteiger partial charge in [0.05, 0.1) is 19.8 Å². The molecule has 4 aromatic carbocycles. The summed E-state index contributed by atoms with van der Waals surface area (Å²) in [5, 5.41) is 15.1. The molecule has 0 amide bonds. The highest BCUT2D eigenvalue weighted by Crippen LogP contribution is 2.35. The number of H-pyrrole nitrogens is 1. The van der Waals surface area contributed by atoms with E-state index in [-0.39, 0.29) is 0 Å². The minimum atomic E-state index is -0.671. The van der Waals surface area contributed by atoms with Gasteiger partial charge in [-0.2, -0.15) is 5.21 Å². The van der Waals surface area contributed by atoms with Crippen LogP contribution in [0, 0.1) is 0 Å². The summed E-state index contributed by atoms with van der Waals surface area (Å²) in [6, 6.07) is 37.3. The van der Waals surface area contributed by atoms with Gasteiger partial charge in [0.25, 0.3) is 0 Å². The Bertz CT molecular complexity index is 2160. The molecule has 0 aliphatic heterocycles. The van der Waals surface area contributed by atoms with Crippen LogP contribution in [0.3, 0.4) is 0 Å². The summed E-state index contributed by atoms with van der Waals surface area (Å²) in [6.45, 7) is 3.84. The molecule has 1 N–H and O–H groups in total. The minimum Gasteiger partial charge on any atom is -0.372 e. The lowest BCUT2D eigenvalue weighted by Gasteiger charge is -2.18. The van der Waals surface area contributed by atoms with Gasteiger partial charge in [-0.1, -0.05) is 110 Å². The van der Waals surface area contributed by atoms with E-state index in [9.17, 15) is 0 Å². The highest BCUT2D eigenvalue weighted by Gasteiger charge is 2.23. The number of aryl methyl sites for hydroxylation is 1. The quantitative estimate of drug-likeness (QED) is 0.108. The van der Waals surface area contributed by atoms with Crippen molar-refractivity contribution in [1.29, 1.82) is 0 Å². The van der Waals surface area contributed by atoms with Crippen LogP contribution in [0.1, 0.15) is 54.3 Å². The number of benzene rings is 4. The molecule has 0 fully saturated rings. The lowest BCUT2D eigenvalue weighted by atomic mass is 9.97. The number of fused-ring (bicyclic) bond motifs is 1. The van der Waals surface area contributed by atoms with Crippen LogP contribution in [0.2, 0.25) is 0 Å². The average molecular weight is 680 g/mol. The summed E-state index contributed by atoms with van der Waals surface area (Å²) < 4.78 is 19.8. The van der Waals surface area contributed by atoms with Crippen LogP contribution < -0.4 is 0 Å². The Hall–Kier alpha value is -5.55. The summed E-state index contributed by atoms with van der Waals surface area (Å²) in [5.74, 6) is 1.52. The molecule has 0 spiro atoms. The van der Waals surface area contributed by atoms with Crippen LogP contribution in [0.15, 0.2) is 109 Å². The fourth-order valence-electron chi connectivity index (χ4n) is 6.38. The number of methoxy groups -OCH3 is 2. The molecule has 10 nitrogen and oxygen atoms in total. The van der Waals surface area contributed by atoms with E-state index >= 15 is 0 Å². The number of imidazole rings is 1. The van der Waals surface area contributed by atoms with Crippen LogP contribution in [0.25, 0.3) is 44.8 Å². The molecule has 0 saturated heterocycles. The third-order valence-electron chi connectivity index (χ3n) is 8.98. The number of aromatic amines is 1. The number of unbranched alkanes of at least 4 members (excludes halogenated alkanes) is 1. The normalized spacial score (nSPS) is 11.5. The van der Waals surface area contributed by atoms with Crippen LogP contribution in [-0.4, -0.2) is 49.4 Å². The minimum absolute atomic E-state index is 0.518. The second kappa shape index (κ2) is 16.0. The summed E-state index contributed by atoms with van der Waals surface area (Å²) in [7, 11) is 3.27. The topological polar surface area (TPSA) is 113 Å². The van der Waals surface area contributed by atoms with Gasteiger partial charge in [0.15, 0.2) is 5.65 Å². The standard InChI is InChI=1S/C41H41N7O3/c1-4-5-16-37-42-36-24-34(32-20-17-29(18-21-32)27-51-26-28-12-8-6-9-13-28)38(41(49-2)50-3)43-40(36)48(37)25-30-19-22-33(31-14-10-7-11-15-31)35(23-30)39-44-46-47-45-39/h6-15,17-24,41H,4-5,16,25-27H2,1-3H3,(H,44,45,46,47). The van der Waals surface area contributed by atoms with Gasteiger partial charge in [0.1, 0.15) is 17.0 Å². The maximum absolute atomic E-state index is 5.98. The summed E-state index contributed by atoms with van der Waals surface area (Å²) in [6.07, 6.45) is 2.22. The summed E-state index contributed by atoms with van der Waals surface area (Å²) in [5.41, 5.74) is 10.5. The van der Waals surface area contributed by atoms with Crippen LogP contribution in [-0.2, 0) is 40.4 Å². The Morgan fingerprint density at radius 2 is 1.39 bits per heavy atom.